The summed E-state index contributed by atoms with van der Waals surface area (Å²) < 4.78 is 1.09. The lowest BCUT2D eigenvalue weighted by atomic mass is 9.91. The Bertz CT molecular complexity index is 332. The van der Waals surface area contributed by atoms with Crippen LogP contribution in [-0.4, -0.2) is 18.8 Å². The summed E-state index contributed by atoms with van der Waals surface area (Å²) in [7, 11) is 1.96. The highest BCUT2D eigenvalue weighted by Crippen LogP contribution is 2.54. The van der Waals surface area contributed by atoms with Gasteiger partial charge in [0.15, 0.2) is 0 Å². The molecule has 0 amide bonds. The van der Waals surface area contributed by atoms with Crippen molar-refractivity contribution in [3.05, 3.63) is 34.3 Å². The second-order valence-electron chi connectivity index (χ2n) is 4.29. The van der Waals surface area contributed by atoms with Crippen LogP contribution in [0.15, 0.2) is 28.7 Å². The van der Waals surface area contributed by atoms with Gasteiger partial charge in [-0.2, -0.15) is 0 Å². The number of benzene rings is 1. The van der Waals surface area contributed by atoms with E-state index in [0.717, 1.165) is 17.3 Å². The maximum absolute atomic E-state index is 9.42. The average Bonchev–Trinajstić information content (AvgIpc) is 3.03. The summed E-state index contributed by atoms with van der Waals surface area (Å²) in [5.74, 6) is 0. The summed E-state index contributed by atoms with van der Waals surface area (Å²) in [6, 6.07) is 8.60. The van der Waals surface area contributed by atoms with Crippen molar-refractivity contribution < 1.29 is 5.11 Å². The van der Waals surface area contributed by atoms with Crippen LogP contribution < -0.4 is 5.32 Å². The second-order valence-corrected chi connectivity index (χ2v) is 5.21. The van der Waals surface area contributed by atoms with Crippen LogP contribution in [0.25, 0.3) is 0 Å². The minimum Gasteiger partial charge on any atom is -0.396 e. The van der Waals surface area contributed by atoms with Gasteiger partial charge in [0, 0.05) is 15.9 Å². The molecule has 2 N–H and O–H groups in total. The topological polar surface area (TPSA) is 32.3 Å². The van der Waals surface area contributed by atoms with E-state index in [-0.39, 0.29) is 18.1 Å². The molecular formula is C12H16BrNO. The van der Waals surface area contributed by atoms with E-state index >= 15 is 0 Å². The molecule has 1 aromatic rings. The molecule has 1 aliphatic carbocycles. The summed E-state index contributed by atoms with van der Waals surface area (Å²) in [5, 5.41) is 12.7. The van der Waals surface area contributed by atoms with Crippen molar-refractivity contribution in [3.8, 4) is 0 Å². The van der Waals surface area contributed by atoms with Gasteiger partial charge in [-0.15, -0.1) is 0 Å². The van der Waals surface area contributed by atoms with E-state index in [1.807, 2.05) is 19.2 Å². The molecule has 1 unspecified atom stereocenters. The molecule has 3 heteroatoms. The summed E-state index contributed by atoms with van der Waals surface area (Å²) in [6.07, 6.45) is 2.23. The van der Waals surface area contributed by atoms with E-state index in [2.05, 4.69) is 33.4 Å². The van der Waals surface area contributed by atoms with Crippen LogP contribution in [0.4, 0.5) is 0 Å². The minimum absolute atomic E-state index is 0.0859. The molecule has 0 radical (unpaired) electrons. The van der Waals surface area contributed by atoms with Crippen LogP contribution in [0.5, 0.6) is 0 Å². The zero-order valence-electron chi connectivity index (χ0n) is 8.83. The van der Waals surface area contributed by atoms with Crippen molar-refractivity contribution >= 4 is 15.9 Å². The lowest BCUT2D eigenvalue weighted by Gasteiger charge is -2.25. The van der Waals surface area contributed by atoms with Gasteiger partial charge in [-0.3, -0.25) is 0 Å². The zero-order valence-corrected chi connectivity index (χ0v) is 10.4. The molecule has 0 aliphatic heterocycles. The molecule has 1 aliphatic rings. The number of halogens is 1. The van der Waals surface area contributed by atoms with Crippen molar-refractivity contribution in [1.82, 2.24) is 5.32 Å². The van der Waals surface area contributed by atoms with Crippen molar-refractivity contribution in [3.63, 3.8) is 0 Å². The van der Waals surface area contributed by atoms with Gasteiger partial charge in [-0.1, -0.05) is 28.1 Å². The Morgan fingerprint density at radius 3 is 2.40 bits per heavy atom. The van der Waals surface area contributed by atoms with Gasteiger partial charge >= 0.3 is 0 Å². The first kappa shape index (κ1) is 11.1. The minimum atomic E-state index is 0.0859. The lowest BCUT2D eigenvalue weighted by molar-refractivity contribution is 0.175. The largest absolute Gasteiger partial charge is 0.396 e. The maximum Gasteiger partial charge on any atom is 0.0505 e. The Hall–Kier alpha value is -0.380. The van der Waals surface area contributed by atoms with Gasteiger partial charge < -0.3 is 10.4 Å². The lowest BCUT2D eigenvalue weighted by Crippen LogP contribution is -2.29. The Morgan fingerprint density at radius 2 is 2.00 bits per heavy atom. The highest BCUT2D eigenvalue weighted by Gasteiger charge is 2.48. The molecule has 2 rings (SSSR count). The average molecular weight is 270 g/mol. The fourth-order valence-electron chi connectivity index (χ4n) is 2.18. The quantitative estimate of drug-likeness (QED) is 0.881. The highest BCUT2D eigenvalue weighted by atomic mass is 79.9. The van der Waals surface area contributed by atoms with Crippen LogP contribution in [0.2, 0.25) is 0 Å². The predicted octanol–water partition coefficient (Wildman–Crippen LogP) is 2.48. The van der Waals surface area contributed by atoms with Crippen LogP contribution in [0.1, 0.15) is 24.4 Å². The molecule has 15 heavy (non-hydrogen) atoms. The number of hydrogen-bond acceptors (Lipinski definition) is 2. The number of aliphatic hydroxyl groups is 1. The maximum atomic E-state index is 9.42. The molecule has 0 bridgehead atoms. The highest BCUT2D eigenvalue weighted by molar-refractivity contribution is 9.10. The summed E-state index contributed by atoms with van der Waals surface area (Å²) in [4.78, 5) is 0. The SMILES string of the molecule is CNC(c1ccc(Br)cc1)C1(CO)CC1. The fourth-order valence-corrected chi connectivity index (χ4v) is 2.44. The van der Waals surface area contributed by atoms with E-state index in [9.17, 15) is 5.11 Å². The standard InChI is InChI=1S/C12H16BrNO/c1-14-11(12(8-15)6-7-12)9-2-4-10(13)5-3-9/h2-5,11,14-15H,6-8H2,1H3. The van der Waals surface area contributed by atoms with Crippen LogP contribution in [0, 0.1) is 5.41 Å². The third kappa shape index (κ3) is 2.10. The number of nitrogens with one attached hydrogen (secondary N) is 1. The molecule has 0 heterocycles. The first-order valence-electron chi connectivity index (χ1n) is 5.25. The monoisotopic (exact) mass is 269 g/mol. The second kappa shape index (κ2) is 4.24. The Kier molecular flexibility index (Phi) is 3.14. The molecule has 0 saturated heterocycles. The van der Waals surface area contributed by atoms with Gasteiger partial charge in [0.05, 0.1) is 6.61 Å². The van der Waals surface area contributed by atoms with Crippen LogP contribution in [-0.2, 0) is 0 Å². The molecule has 1 aromatic carbocycles. The van der Waals surface area contributed by atoms with Gasteiger partial charge in [-0.25, -0.2) is 0 Å². The van der Waals surface area contributed by atoms with Crippen molar-refractivity contribution in [2.45, 2.75) is 18.9 Å². The normalized spacial score (nSPS) is 19.9. The van der Waals surface area contributed by atoms with Crippen molar-refractivity contribution in [2.75, 3.05) is 13.7 Å². The van der Waals surface area contributed by atoms with E-state index in [0.29, 0.717) is 0 Å². The van der Waals surface area contributed by atoms with E-state index in [1.165, 1.54) is 5.56 Å². The van der Waals surface area contributed by atoms with Crippen molar-refractivity contribution in [2.24, 2.45) is 5.41 Å². The molecular weight excluding hydrogens is 254 g/mol. The molecule has 1 atom stereocenters. The van der Waals surface area contributed by atoms with Gasteiger partial charge in [0.25, 0.3) is 0 Å². The number of aliphatic hydroxyl groups excluding tert-OH is 1. The Labute approximate surface area is 98.8 Å². The third-order valence-corrected chi connectivity index (χ3v) is 3.84. The van der Waals surface area contributed by atoms with Gasteiger partial charge in [0.1, 0.15) is 0 Å². The third-order valence-electron chi connectivity index (χ3n) is 3.31. The van der Waals surface area contributed by atoms with Gasteiger partial charge in [0.2, 0.25) is 0 Å². The van der Waals surface area contributed by atoms with E-state index < -0.39 is 0 Å². The molecule has 2 nitrogen and oxygen atoms in total. The summed E-state index contributed by atoms with van der Waals surface area (Å²) >= 11 is 3.43. The molecule has 1 saturated carbocycles. The van der Waals surface area contributed by atoms with Crippen LogP contribution in [0.3, 0.4) is 0 Å². The fraction of sp³-hybridized carbons (Fsp3) is 0.500. The first-order chi connectivity index (χ1) is 7.22. The molecule has 0 aromatic heterocycles. The zero-order chi connectivity index (χ0) is 10.9. The van der Waals surface area contributed by atoms with Gasteiger partial charge in [-0.05, 0) is 37.6 Å². The molecule has 0 spiro atoms. The molecule has 1 fully saturated rings. The molecule has 82 valence electrons. The first-order valence-corrected chi connectivity index (χ1v) is 6.05. The summed E-state index contributed by atoms with van der Waals surface area (Å²) in [5.41, 5.74) is 1.34. The van der Waals surface area contributed by atoms with Crippen molar-refractivity contribution in [1.29, 1.82) is 0 Å². The number of rotatable bonds is 4. The predicted molar refractivity (Wildman–Crippen MR) is 64.7 cm³/mol. The Balaban J connectivity index is 2.23. The summed E-state index contributed by atoms with van der Waals surface area (Å²) in [6.45, 7) is 0.272. The van der Waals surface area contributed by atoms with E-state index in [4.69, 9.17) is 0 Å². The van der Waals surface area contributed by atoms with E-state index in [1.54, 1.807) is 0 Å². The number of hydrogen-bond donors (Lipinski definition) is 2. The Morgan fingerprint density at radius 1 is 1.40 bits per heavy atom. The smallest absolute Gasteiger partial charge is 0.0505 e. The van der Waals surface area contributed by atoms with Crippen LogP contribution >= 0.6 is 15.9 Å².